The summed E-state index contributed by atoms with van der Waals surface area (Å²) in [5, 5.41) is 4.13. The first kappa shape index (κ1) is 20.0. The smallest absolute Gasteiger partial charge is 0.325 e. The standard InChI is InChI=1S/C17H18N4O5S2/c1-4-20-8-7-12(19-20)16(23)18-17-21(10-15(22)26-2)13-6-5-11(28(3,24)25)9-14(13)27-17/h5-9H,4,10H2,1-3H3. The van der Waals surface area contributed by atoms with Crippen LogP contribution in [0.5, 0.6) is 0 Å². The molecule has 0 N–H and O–H groups in total. The van der Waals surface area contributed by atoms with Crippen molar-refractivity contribution in [3.63, 3.8) is 0 Å². The minimum Gasteiger partial charge on any atom is -0.468 e. The van der Waals surface area contributed by atoms with Gasteiger partial charge in [0.25, 0.3) is 5.91 Å². The Bertz CT molecular complexity index is 1230. The molecule has 0 radical (unpaired) electrons. The van der Waals surface area contributed by atoms with Crippen molar-refractivity contribution in [3.05, 3.63) is 41.0 Å². The van der Waals surface area contributed by atoms with Crippen LogP contribution in [0.2, 0.25) is 0 Å². The second kappa shape index (κ2) is 7.68. The van der Waals surface area contributed by atoms with Crippen LogP contribution < -0.4 is 4.80 Å². The van der Waals surface area contributed by atoms with E-state index in [0.717, 1.165) is 17.6 Å². The topological polar surface area (TPSA) is 113 Å². The van der Waals surface area contributed by atoms with Crippen LogP contribution in [0.15, 0.2) is 40.4 Å². The van der Waals surface area contributed by atoms with E-state index in [1.165, 1.54) is 23.8 Å². The highest BCUT2D eigenvalue weighted by Crippen LogP contribution is 2.22. The molecule has 0 aliphatic rings. The number of sulfone groups is 1. The van der Waals surface area contributed by atoms with Gasteiger partial charge in [0.2, 0.25) is 0 Å². The number of hydrogen-bond donors (Lipinski definition) is 0. The van der Waals surface area contributed by atoms with Gasteiger partial charge in [0.15, 0.2) is 20.3 Å². The average Bonchev–Trinajstić information content (AvgIpc) is 3.25. The first-order chi connectivity index (χ1) is 13.2. The number of ether oxygens (including phenoxy) is 1. The summed E-state index contributed by atoms with van der Waals surface area (Å²) >= 11 is 1.11. The van der Waals surface area contributed by atoms with Gasteiger partial charge in [-0.15, -0.1) is 0 Å². The molecule has 0 fully saturated rings. The number of carbonyl (C=O) groups is 2. The molecule has 0 bridgehead atoms. The van der Waals surface area contributed by atoms with Crippen LogP contribution in [0.3, 0.4) is 0 Å². The van der Waals surface area contributed by atoms with Crippen molar-refractivity contribution in [2.75, 3.05) is 13.4 Å². The van der Waals surface area contributed by atoms with E-state index in [4.69, 9.17) is 4.74 Å². The number of aryl methyl sites for hydroxylation is 1. The quantitative estimate of drug-likeness (QED) is 0.572. The Morgan fingerprint density at radius 1 is 1.29 bits per heavy atom. The molecule has 2 heterocycles. The summed E-state index contributed by atoms with van der Waals surface area (Å²) in [4.78, 5) is 28.8. The first-order valence-corrected chi connectivity index (χ1v) is 11.0. The number of esters is 1. The molecular formula is C17H18N4O5S2. The zero-order chi connectivity index (χ0) is 20.5. The zero-order valence-electron chi connectivity index (χ0n) is 15.4. The summed E-state index contributed by atoms with van der Waals surface area (Å²) in [5.41, 5.74) is 0.759. The second-order valence-electron chi connectivity index (χ2n) is 5.92. The monoisotopic (exact) mass is 422 g/mol. The van der Waals surface area contributed by atoms with E-state index in [1.54, 1.807) is 23.0 Å². The molecule has 28 heavy (non-hydrogen) atoms. The van der Waals surface area contributed by atoms with E-state index >= 15 is 0 Å². The Balaban J connectivity index is 2.17. The summed E-state index contributed by atoms with van der Waals surface area (Å²) in [6.45, 7) is 2.35. The van der Waals surface area contributed by atoms with E-state index in [2.05, 4.69) is 10.1 Å². The number of aromatic nitrogens is 3. The van der Waals surface area contributed by atoms with Crippen molar-refractivity contribution < 1.29 is 22.7 Å². The van der Waals surface area contributed by atoms with Crippen molar-refractivity contribution in [2.24, 2.45) is 4.99 Å². The van der Waals surface area contributed by atoms with Gasteiger partial charge in [0, 0.05) is 19.0 Å². The van der Waals surface area contributed by atoms with Crippen molar-refractivity contribution in [3.8, 4) is 0 Å². The maximum absolute atomic E-state index is 12.5. The van der Waals surface area contributed by atoms with Gasteiger partial charge in [-0.05, 0) is 31.2 Å². The fourth-order valence-electron chi connectivity index (χ4n) is 2.51. The Hall–Kier alpha value is -2.79. The number of fused-ring (bicyclic) bond motifs is 1. The van der Waals surface area contributed by atoms with Crippen LogP contribution in [0.4, 0.5) is 0 Å². The van der Waals surface area contributed by atoms with E-state index in [1.807, 2.05) is 6.92 Å². The minimum absolute atomic E-state index is 0.144. The van der Waals surface area contributed by atoms with E-state index in [9.17, 15) is 18.0 Å². The number of carbonyl (C=O) groups excluding carboxylic acids is 2. The molecule has 9 nitrogen and oxygen atoms in total. The largest absolute Gasteiger partial charge is 0.468 e. The highest BCUT2D eigenvalue weighted by atomic mass is 32.2. The van der Waals surface area contributed by atoms with Crippen LogP contribution in [-0.2, 0) is 32.5 Å². The SMILES string of the molecule is CCn1ccc(C(=O)N=c2sc3cc(S(C)(=O)=O)ccc3n2CC(=O)OC)n1. The van der Waals surface area contributed by atoms with Crippen molar-refractivity contribution in [2.45, 2.75) is 24.9 Å². The molecule has 1 amide bonds. The molecule has 0 saturated carbocycles. The first-order valence-electron chi connectivity index (χ1n) is 8.25. The predicted octanol–water partition coefficient (Wildman–Crippen LogP) is 1.24. The summed E-state index contributed by atoms with van der Waals surface area (Å²) in [7, 11) is -2.13. The maximum Gasteiger partial charge on any atom is 0.325 e. The molecule has 0 unspecified atom stereocenters. The molecule has 0 spiro atoms. The highest BCUT2D eigenvalue weighted by molar-refractivity contribution is 7.90. The van der Waals surface area contributed by atoms with Crippen LogP contribution in [-0.4, -0.2) is 48.0 Å². The fraction of sp³-hybridized carbons (Fsp3) is 0.294. The third-order valence-electron chi connectivity index (χ3n) is 3.98. The van der Waals surface area contributed by atoms with E-state index in [-0.39, 0.29) is 21.9 Å². The van der Waals surface area contributed by atoms with Crippen molar-refractivity contribution in [1.82, 2.24) is 14.3 Å². The van der Waals surface area contributed by atoms with Crippen LogP contribution in [0, 0.1) is 0 Å². The predicted molar refractivity (Wildman–Crippen MR) is 103 cm³/mol. The molecule has 3 aromatic rings. The molecule has 0 aliphatic carbocycles. The zero-order valence-corrected chi connectivity index (χ0v) is 17.1. The molecule has 2 aromatic heterocycles. The van der Waals surface area contributed by atoms with Gasteiger partial charge in [0.1, 0.15) is 6.54 Å². The number of rotatable bonds is 5. The van der Waals surface area contributed by atoms with Gasteiger partial charge in [-0.2, -0.15) is 10.1 Å². The molecular weight excluding hydrogens is 404 g/mol. The average molecular weight is 422 g/mol. The molecule has 148 valence electrons. The van der Waals surface area contributed by atoms with E-state index in [0.29, 0.717) is 16.8 Å². The minimum atomic E-state index is -3.40. The lowest BCUT2D eigenvalue weighted by Gasteiger charge is -2.04. The number of hydrogen-bond acceptors (Lipinski definition) is 7. The Morgan fingerprint density at radius 3 is 2.64 bits per heavy atom. The van der Waals surface area contributed by atoms with Gasteiger partial charge >= 0.3 is 5.97 Å². The summed E-state index contributed by atoms with van der Waals surface area (Å²) in [6, 6.07) is 6.10. The molecule has 1 aromatic carbocycles. The highest BCUT2D eigenvalue weighted by Gasteiger charge is 2.16. The number of nitrogens with zero attached hydrogens (tertiary/aromatic N) is 4. The molecule has 3 rings (SSSR count). The molecule has 11 heteroatoms. The van der Waals surface area contributed by atoms with Gasteiger partial charge in [-0.1, -0.05) is 11.3 Å². The van der Waals surface area contributed by atoms with Crippen LogP contribution >= 0.6 is 11.3 Å². The third kappa shape index (κ3) is 4.04. The van der Waals surface area contributed by atoms with E-state index < -0.39 is 21.7 Å². The fourth-order valence-corrected chi connectivity index (χ4v) is 4.30. The van der Waals surface area contributed by atoms with Gasteiger partial charge in [0.05, 0.1) is 22.2 Å². The third-order valence-corrected chi connectivity index (χ3v) is 6.13. The number of methoxy groups -OCH3 is 1. The van der Waals surface area contributed by atoms with Crippen LogP contribution in [0.25, 0.3) is 10.2 Å². The molecule has 0 aliphatic heterocycles. The Kier molecular flexibility index (Phi) is 5.47. The maximum atomic E-state index is 12.5. The number of thiazole rings is 1. The van der Waals surface area contributed by atoms with Crippen molar-refractivity contribution in [1.29, 1.82) is 0 Å². The van der Waals surface area contributed by atoms with Gasteiger partial charge in [-0.25, -0.2) is 8.42 Å². The lowest BCUT2D eigenvalue weighted by atomic mass is 10.3. The lowest BCUT2D eigenvalue weighted by molar-refractivity contribution is -0.141. The summed E-state index contributed by atoms with van der Waals surface area (Å²) in [5.74, 6) is -1.07. The van der Waals surface area contributed by atoms with Gasteiger partial charge < -0.3 is 9.30 Å². The number of benzene rings is 1. The second-order valence-corrected chi connectivity index (χ2v) is 8.95. The Morgan fingerprint density at radius 2 is 2.04 bits per heavy atom. The van der Waals surface area contributed by atoms with Crippen LogP contribution in [0.1, 0.15) is 17.4 Å². The molecule has 0 saturated heterocycles. The molecule has 0 atom stereocenters. The number of amides is 1. The van der Waals surface area contributed by atoms with Gasteiger partial charge in [-0.3, -0.25) is 14.3 Å². The Labute approximate surface area is 164 Å². The summed E-state index contributed by atoms with van der Waals surface area (Å²) in [6.07, 6.45) is 2.79. The van der Waals surface area contributed by atoms with Crippen molar-refractivity contribution >= 4 is 43.3 Å². The summed E-state index contributed by atoms with van der Waals surface area (Å²) < 4.78 is 32.1. The normalized spacial score (nSPS) is 12.5. The lowest BCUT2D eigenvalue weighted by Crippen LogP contribution is -2.22.